The van der Waals surface area contributed by atoms with Gasteiger partial charge in [-0.15, -0.1) is 0 Å². The molecular weight excluding hydrogens is 296 g/mol. The van der Waals surface area contributed by atoms with Crippen LogP contribution in [0.15, 0.2) is 48.5 Å². The number of amides is 1. The van der Waals surface area contributed by atoms with Crippen LogP contribution in [0.5, 0.6) is 0 Å². The number of benzene rings is 2. The number of hydrogen-bond donors (Lipinski definition) is 1. The maximum atomic E-state index is 12.6. The lowest BCUT2D eigenvalue weighted by Crippen LogP contribution is -2.29. The lowest BCUT2D eigenvalue weighted by Gasteiger charge is -2.16. The summed E-state index contributed by atoms with van der Waals surface area (Å²) < 4.78 is 0. The van der Waals surface area contributed by atoms with E-state index in [1.54, 1.807) is 0 Å². The maximum absolute atomic E-state index is 12.6. The molecule has 3 heteroatoms. The van der Waals surface area contributed by atoms with Gasteiger partial charge in [0.05, 0.1) is 0 Å². The van der Waals surface area contributed by atoms with Crippen molar-refractivity contribution < 1.29 is 4.79 Å². The third-order valence-corrected chi connectivity index (χ3v) is 4.86. The molecule has 1 fully saturated rings. The molecule has 0 aliphatic carbocycles. The fourth-order valence-electron chi connectivity index (χ4n) is 3.35. The Morgan fingerprint density at radius 2 is 1.71 bits per heavy atom. The van der Waals surface area contributed by atoms with Crippen molar-refractivity contribution in [1.29, 1.82) is 0 Å². The molecule has 3 rings (SSSR count). The topological polar surface area (TPSA) is 46.3 Å². The maximum Gasteiger partial charge on any atom is 0.253 e. The molecule has 126 valence electrons. The van der Waals surface area contributed by atoms with Gasteiger partial charge in [0.2, 0.25) is 0 Å². The highest BCUT2D eigenvalue weighted by Crippen LogP contribution is 2.23. The van der Waals surface area contributed by atoms with Crippen molar-refractivity contribution in [2.45, 2.75) is 26.2 Å². The molecule has 1 heterocycles. The van der Waals surface area contributed by atoms with E-state index in [1.165, 1.54) is 11.1 Å². The van der Waals surface area contributed by atoms with Gasteiger partial charge in [0.25, 0.3) is 5.91 Å². The zero-order valence-electron chi connectivity index (χ0n) is 14.4. The Morgan fingerprint density at radius 3 is 2.25 bits per heavy atom. The van der Waals surface area contributed by atoms with E-state index in [0.717, 1.165) is 43.5 Å². The van der Waals surface area contributed by atoms with E-state index in [2.05, 4.69) is 31.2 Å². The number of nitrogens with two attached hydrogens (primary N) is 1. The number of rotatable bonds is 5. The molecule has 3 nitrogen and oxygen atoms in total. The number of carbonyl (C=O) groups is 1. The highest BCUT2D eigenvalue weighted by molar-refractivity contribution is 5.94. The third-order valence-electron chi connectivity index (χ3n) is 4.86. The molecule has 1 aliphatic heterocycles. The van der Waals surface area contributed by atoms with Crippen molar-refractivity contribution >= 4 is 5.91 Å². The third kappa shape index (κ3) is 3.68. The van der Waals surface area contributed by atoms with Crippen LogP contribution in [0.3, 0.4) is 0 Å². The summed E-state index contributed by atoms with van der Waals surface area (Å²) in [6.45, 7) is 4.47. The molecule has 0 bridgehead atoms. The quantitative estimate of drug-likeness (QED) is 0.912. The summed E-state index contributed by atoms with van der Waals surface area (Å²) in [6, 6.07) is 16.7. The average Bonchev–Trinajstić information content (AvgIpc) is 3.11. The predicted octanol–water partition coefficient (Wildman–Crippen LogP) is 3.73. The molecule has 0 aromatic heterocycles. The summed E-state index contributed by atoms with van der Waals surface area (Å²) in [7, 11) is 0. The van der Waals surface area contributed by atoms with E-state index >= 15 is 0 Å². The Morgan fingerprint density at radius 1 is 1.08 bits per heavy atom. The molecule has 2 aromatic rings. The number of likely N-dealkylation sites (tertiary alicyclic amines) is 1. The minimum absolute atomic E-state index is 0.121. The van der Waals surface area contributed by atoms with E-state index in [4.69, 9.17) is 5.73 Å². The van der Waals surface area contributed by atoms with Gasteiger partial charge in [0.15, 0.2) is 0 Å². The second kappa shape index (κ2) is 7.63. The fraction of sp³-hybridized carbons (Fsp3) is 0.381. The molecule has 0 spiro atoms. The summed E-state index contributed by atoms with van der Waals surface area (Å²) in [5.74, 6) is 0.575. The van der Waals surface area contributed by atoms with E-state index < -0.39 is 0 Å². The summed E-state index contributed by atoms with van der Waals surface area (Å²) in [6.07, 6.45) is 3.30. The largest absolute Gasteiger partial charge is 0.338 e. The molecule has 0 radical (unpaired) electrons. The van der Waals surface area contributed by atoms with Gasteiger partial charge in [-0.1, -0.05) is 49.7 Å². The number of hydrogen-bond acceptors (Lipinski definition) is 2. The van der Waals surface area contributed by atoms with Gasteiger partial charge in [-0.05, 0) is 54.1 Å². The SMILES string of the molecule is CCCc1ccc(-c2ccc(C(=O)N3CC[C@@H](CN)C3)cc2)cc1. The van der Waals surface area contributed by atoms with E-state index in [-0.39, 0.29) is 5.91 Å². The minimum atomic E-state index is 0.121. The van der Waals surface area contributed by atoms with Crippen molar-refractivity contribution in [3.63, 3.8) is 0 Å². The molecule has 24 heavy (non-hydrogen) atoms. The summed E-state index contributed by atoms with van der Waals surface area (Å²) >= 11 is 0. The first-order valence-corrected chi connectivity index (χ1v) is 8.90. The van der Waals surface area contributed by atoms with Gasteiger partial charge < -0.3 is 10.6 Å². The highest BCUT2D eigenvalue weighted by Gasteiger charge is 2.25. The van der Waals surface area contributed by atoms with Crippen LogP contribution in [0.4, 0.5) is 0 Å². The monoisotopic (exact) mass is 322 g/mol. The Labute approximate surface area is 144 Å². The van der Waals surface area contributed by atoms with Crippen LogP contribution in [0.2, 0.25) is 0 Å². The predicted molar refractivity (Wildman–Crippen MR) is 98.9 cm³/mol. The first kappa shape index (κ1) is 16.7. The van der Waals surface area contributed by atoms with Crippen LogP contribution in [0.1, 0.15) is 35.7 Å². The van der Waals surface area contributed by atoms with E-state index in [1.807, 2.05) is 29.2 Å². The molecule has 1 amide bonds. The molecule has 2 N–H and O–H groups in total. The van der Waals surface area contributed by atoms with Crippen LogP contribution in [-0.2, 0) is 6.42 Å². The molecule has 1 atom stereocenters. The van der Waals surface area contributed by atoms with Crippen LogP contribution in [0.25, 0.3) is 11.1 Å². The van der Waals surface area contributed by atoms with Gasteiger partial charge in [-0.2, -0.15) is 0 Å². The standard InChI is InChI=1S/C21H26N2O/c1-2-3-16-4-6-18(7-5-16)19-8-10-20(11-9-19)21(24)23-13-12-17(14-22)15-23/h4-11,17H,2-3,12-15,22H2,1H3/t17-/m0/s1. The Bertz CT molecular complexity index is 676. The van der Waals surface area contributed by atoms with Crippen molar-refractivity contribution in [3.05, 3.63) is 59.7 Å². The lowest BCUT2D eigenvalue weighted by molar-refractivity contribution is 0.0787. The minimum Gasteiger partial charge on any atom is -0.338 e. The van der Waals surface area contributed by atoms with Crippen molar-refractivity contribution in [2.75, 3.05) is 19.6 Å². The second-order valence-corrected chi connectivity index (χ2v) is 6.67. The first-order chi connectivity index (χ1) is 11.7. The van der Waals surface area contributed by atoms with E-state index in [0.29, 0.717) is 12.5 Å². The molecule has 1 aliphatic rings. The van der Waals surface area contributed by atoms with Crippen LogP contribution in [-0.4, -0.2) is 30.4 Å². The summed E-state index contributed by atoms with van der Waals surface area (Å²) in [5.41, 5.74) is 10.2. The zero-order chi connectivity index (χ0) is 16.9. The number of carbonyl (C=O) groups excluding carboxylic acids is 1. The summed E-state index contributed by atoms with van der Waals surface area (Å²) in [5, 5.41) is 0. The molecular formula is C21H26N2O. The van der Waals surface area contributed by atoms with Gasteiger partial charge in [-0.25, -0.2) is 0 Å². The molecule has 2 aromatic carbocycles. The van der Waals surface area contributed by atoms with Gasteiger partial charge in [-0.3, -0.25) is 4.79 Å². The highest BCUT2D eigenvalue weighted by atomic mass is 16.2. The van der Waals surface area contributed by atoms with Crippen LogP contribution < -0.4 is 5.73 Å². The van der Waals surface area contributed by atoms with Crippen molar-refractivity contribution in [2.24, 2.45) is 11.7 Å². The first-order valence-electron chi connectivity index (χ1n) is 8.90. The van der Waals surface area contributed by atoms with Gasteiger partial charge in [0, 0.05) is 18.7 Å². The number of aryl methyl sites for hydroxylation is 1. The Balaban J connectivity index is 1.70. The van der Waals surface area contributed by atoms with Crippen LogP contribution >= 0.6 is 0 Å². The molecule has 0 saturated carbocycles. The van der Waals surface area contributed by atoms with E-state index in [9.17, 15) is 4.79 Å². The van der Waals surface area contributed by atoms with Crippen LogP contribution in [0, 0.1) is 5.92 Å². The fourth-order valence-corrected chi connectivity index (χ4v) is 3.35. The van der Waals surface area contributed by atoms with Gasteiger partial charge >= 0.3 is 0 Å². The zero-order valence-corrected chi connectivity index (χ0v) is 14.4. The van der Waals surface area contributed by atoms with Gasteiger partial charge in [0.1, 0.15) is 0 Å². The molecule has 1 saturated heterocycles. The van der Waals surface area contributed by atoms with Crippen molar-refractivity contribution in [1.82, 2.24) is 4.90 Å². The lowest BCUT2D eigenvalue weighted by atomic mass is 10.0. The Hall–Kier alpha value is -2.13. The Kier molecular flexibility index (Phi) is 5.31. The summed E-state index contributed by atoms with van der Waals surface area (Å²) in [4.78, 5) is 14.5. The molecule has 0 unspecified atom stereocenters. The smallest absolute Gasteiger partial charge is 0.253 e. The number of nitrogens with zero attached hydrogens (tertiary/aromatic N) is 1. The average molecular weight is 322 g/mol. The normalized spacial score (nSPS) is 17.2. The van der Waals surface area contributed by atoms with Crippen molar-refractivity contribution in [3.8, 4) is 11.1 Å². The second-order valence-electron chi connectivity index (χ2n) is 6.67.